The lowest BCUT2D eigenvalue weighted by atomic mass is 10.2. The van der Waals surface area contributed by atoms with Crippen LogP contribution in [0.1, 0.15) is 31.2 Å². The third kappa shape index (κ3) is 4.10. The number of carbonyl (C=O) groups is 2. The second-order valence-corrected chi connectivity index (χ2v) is 6.40. The van der Waals surface area contributed by atoms with Crippen molar-refractivity contribution in [2.75, 3.05) is 19.7 Å². The molecule has 23 heavy (non-hydrogen) atoms. The zero-order valence-electron chi connectivity index (χ0n) is 13.5. The number of nitrogens with one attached hydrogen (secondary N) is 1. The van der Waals surface area contributed by atoms with Crippen molar-refractivity contribution in [2.24, 2.45) is 0 Å². The van der Waals surface area contributed by atoms with E-state index in [0.29, 0.717) is 19.7 Å². The van der Waals surface area contributed by atoms with Gasteiger partial charge in [-0.3, -0.25) is 14.3 Å². The summed E-state index contributed by atoms with van der Waals surface area (Å²) in [6, 6.07) is 0.268. The molecule has 1 aromatic heterocycles. The first-order valence-corrected chi connectivity index (χ1v) is 8.30. The van der Waals surface area contributed by atoms with Crippen LogP contribution in [0.2, 0.25) is 0 Å². The molecule has 1 aromatic rings. The summed E-state index contributed by atoms with van der Waals surface area (Å²) in [5.41, 5.74) is 1.02. The quantitative estimate of drug-likeness (QED) is 0.875. The Hall–Kier alpha value is -1.89. The van der Waals surface area contributed by atoms with Crippen molar-refractivity contribution in [3.05, 3.63) is 18.0 Å². The fourth-order valence-electron chi connectivity index (χ4n) is 3.19. The van der Waals surface area contributed by atoms with Crippen LogP contribution in [0.15, 0.2) is 12.4 Å². The number of hydrogen-bond donors (Lipinski definition) is 1. The summed E-state index contributed by atoms with van der Waals surface area (Å²) >= 11 is 0. The highest BCUT2D eigenvalue weighted by atomic mass is 16.5. The van der Waals surface area contributed by atoms with Gasteiger partial charge in [-0.05, 0) is 25.3 Å². The molecule has 1 saturated carbocycles. The molecule has 0 radical (unpaired) electrons. The molecule has 1 N–H and O–H groups in total. The second-order valence-electron chi connectivity index (χ2n) is 6.40. The highest BCUT2D eigenvalue weighted by molar-refractivity contribution is 5.83. The van der Waals surface area contributed by atoms with E-state index in [4.69, 9.17) is 4.74 Å². The van der Waals surface area contributed by atoms with Gasteiger partial charge in [0.15, 0.2) is 6.10 Å². The predicted molar refractivity (Wildman–Crippen MR) is 83.7 cm³/mol. The number of hydrogen-bond acceptors (Lipinski definition) is 4. The largest absolute Gasteiger partial charge is 0.365 e. The minimum atomic E-state index is -0.562. The molecule has 1 aliphatic heterocycles. The van der Waals surface area contributed by atoms with E-state index in [0.717, 1.165) is 18.4 Å². The Morgan fingerprint density at radius 1 is 1.39 bits per heavy atom. The molecule has 2 fully saturated rings. The van der Waals surface area contributed by atoms with Crippen molar-refractivity contribution in [2.45, 2.75) is 51.3 Å². The first-order valence-electron chi connectivity index (χ1n) is 8.30. The molecular formula is C16H24N4O3. The minimum absolute atomic E-state index is 0.0323. The van der Waals surface area contributed by atoms with Crippen molar-refractivity contribution in [3.63, 3.8) is 0 Å². The summed E-state index contributed by atoms with van der Waals surface area (Å²) in [6.45, 7) is 3.37. The molecule has 2 aliphatic rings. The Kier molecular flexibility index (Phi) is 4.95. The molecule has 1 atom stereocenters. The maximum absolute atomic E-state index is 12.4. The fraction of sp³-hybridized carbons (Fsp3) is 0.688. The van der Waals surface area contributed by atoms with Gasteiger partial charge in [-0.15, -0.1) is 0 Å². The van der Waals surface area contributed by atoms with Gasteiger partial charge in [0.25, 0.3) is 5.91 Å². The van der Waals surface area contributed by atoms with Crippen LogP contribution in [0.25, 0.3) is 0 Å². The van der Waals surface area contributed by atoms with Crippen LogP contribution in [0.5, 0.6) is 0 Å². The summed E-state index contributed by atoms with van der Waals surface area (Å²) in [5, 5.41) is 7.17. The third-order valence-electron chi connectivity index (χ3n) is 4.47. The summed E-state index contributed by atoms with van der Waals surface area (Å²) < 4.78 is 7.18. The Bertz CT molecular complexity index is 565. The number of nitrogens with zero attached hydrogens (tertiary/aromatic N) is 3. The van der Waals surface area contributed by atoms with E-state index < -0.39 is 6.10 Å². The van der Waals surface area contributed by atoms with Crippen LogP contribution < -0.4 is 5.32 Å². The minimum Gasteiger partial charge on any atom is -0.365 e. The molecule has 7 nitrogen and oxygen atoms in total. The summed E-state index contributed by atoms with van der Waals surface area (Å²) in [6.07, 6.45) is 7.43. The smallest absolute Gasteiger partial charge is 0.251 e. The highest BCUT2D eigenvalue weighted by Crippen LogP contribution is 2.18. The summed E-state index contributed by atoms with van der Waals surface area (Å²) in [5.74, 6) is -0.126. The van der Waals surface area contributed by atoms with Gasteiger partial charge in [0.1, 0.15) is 6.54 Å². The molecule has 0 aromatic carbocycles. The Balaban J connectivity index is 1.52. The lowest BCUT2D eigenvalue weighted by Gasteiger charge is -2.32. The van der Waals surface area contributed by atoms with Gasteiger partial charge in [0.2, 0.25) is 5.91 Å². The van der Waals surface area contributed by atoms with Gasteiger partial charge in [-0.25, -0.2) is 0 Å². The molecule has 2 amide bonds. The molecule has 1 unspecified atom stereocenters. The first-order chi connectivity index (χ1) is 11.1. The van der Waals surface area contributed by atoms with Crippen LogP contribution in [-0.4, -0.2) is 58.3 Å². The van der Waals surface area contributed by atoms with Crippen molar-refractivity contribution in [1.29, 1.82) is 0 Å². The average molecular weight is 320 g/mol. The van der Waals surface area contributed by atoms with E-state index in [9.17, 15) is 9.59 Å². The molecule has 126 valence electrons. The number of ether oxygens (including phenoxy) is 1. The monoisotopic (exact) mass is 320 g/mol. The van der Waals surface area contributed by atoms with Gasteiger partial charge < -0.3 is 15.0 Å². The van der Waals surface area contributed by atoms with Crippen molar-refractivity contribution in [3.8, 4) is 0 Å². The molecule has 2 heterocycles. The number of morpholine rings is 1. The van der Waals surface area contributed by atoms with Crippen LogP contribution in [0.4, 0.5) is 0 Å². The zero-order valence-corrected chi connectivity index (χ0v) is 13.5. The number of aromatic nitrogens is 2. The molecule has 0 bridgehead atoms. The molecule has 7 heteroatoms. The molecule has 3 rings (SSSR count). The number of carbonyl (C=O) groups excluding carboxylic acids is 2. The Labute approximate surface area is 136 Å². The van der Waals surface area contributed by atoms with E-state index in [1.165, 1.54) is 12.8 Å². The van der Waals surface area contributed by atoms with Crippen molar-refractivity contribution in [1.82, 2.24) is 20.0 Å². The zero-order chi connectivity index (χ0) is 16.2. The van der Waals surface area contributed by atoms with Crippen LogP contribution in [-0.2, 0) is 20.9 Å². The van der Waals surface area contributed by atoms with Crippen molar-refractivity contribution < 1.29 is 14.3 Å². The highest BCUT2D eigenvalue weighted by Gasteiger charge is 2.30. The Morgan fingerprint density at radius 3 is 2.87 bits per heavy atom. The lowest BCUT2D eigenvalue weighted by molar-refractivity contribution is -0.148. The maximum atomic E-state index is 12.4. The summed E-state index contributed by atoms with van der Waals surface area (Å²) in [7, 11) is 0. The molecule has 1 aliphatic carbocycles. The van der Waals surface area contributed by atoms with Crippen molar-refractivity contribution >= 4 is 11.8 Å². The van der Waals surface area contributed by atoms with E-state index in [-0.39, 0.29) is 24.4 Å². The van der Waals surface area contributed by atoms with Gasteiger partial charge in [0, 0.05) is 18.8 Å². The van der Waals surface area contributed by atoms with Gasteiger partial charge in [-0.1, -0.05) is 12.8 Å². The topological polar surface area (TPSA) is 76.5 Å². The van der Waals surface area contributed by atoms with Crippen LogP contribution >= 0.6 is 0 Å². The standard InChI is InChI=1S/C16H24N4O3/c1-12-8-17-20(9-12)11-15(21)19-6-7-23-14(10-19)16(22)18-13-4-2-3-5-13/h8-9,13-14H,2-7,10-11H2,1H3,(H,18,22). The van der Waals surface area contributed by atoms with Crippen LogP contribution in [0, 0.1) is 6.92 Å². The molecule has 1 saturated heterocycles. The maximum Gasteiger partial charge on any atom is 0.251 e. The third-order valence-corrected chi connectivity index (χ3v) is 4.47. The first kappa shape index (κ1) is 16.0. The van der Waals surface area contributed by atoms with Gasteiger partial charge in [0.05, 0.1) is 19.3 Å². The predicted octanol–water partition coefficient (Wildman–Crippen LogP) is 0.478. The fourth-order valence-corrected chi connectivity index (χ4v) is 3.19. The molecule has 0 spiro atoms. The lowest BCUT2D eigenvalue weighted by Crippen LogP contribution is -2.53. The number of amides is 2. The van der Waals surface area contributed by atoms with E-state index in [1.54, 1.807) is 15.8 Å². The van der Waals surface area contributed by atoms with E-state index in [2.05, 4.69) is 10.4 Å². The van der Waals surface area contributed by atoms with E-state index in [1.807, 2.05) is 13.1 Å². The second kappa shape index (κ2) is 7.12. The number of rotatable bonds is 4. The normalized spacial score (nSPS) is 22.3. The SMILES string of the molecule is Cc1cnn(CC(=O)N2CCOC(C(=O)NC3CCCC3)C2)c1. The Morgan fingerprint density at radius 2 is 2.17 bits per heavy atom. The average Bonchev–Trinajstić information content (AvgIpc) is 3.19. The number of aryl methyl sites for hydroxylation is 1. The summed E-state index contributed by atoms with van der Waals surface area (Å²) in [4.78, 5) is 26.4. The van der Waals surface area contributed by atoms with E-state index >= 15 is 0 Å². The molecular weight excluding hydrogens is 296 g/mol. The van der Waals surface area contributed by atoms with Crippen LogP contribution in [0.3, 0.4) is 0 Å². The van der Waals surface area contributed by atoms with Gasteiger partial charge >= 0.3 is 0 Å². The van der Waals surface area contributed by atoms with Gasteiger partial charge in [-0.2, -0.15) is 5.10 Å².